The first-order valence-electron chi connectivity index (χ1n) is 7.87. The Bertz CT molecular complexity index is 572. The summed E-state index contributed by atoms with van der Waals surface area (Å²) in [7, 11) is 0. The Balaban J connectivity index is 1.82. The van der Waals surface area contributed by atoms with Gasteiger partial charge in [-0.05, 0) is 17.5 Å². The number of nitrogens with two attached hydrogens (primary N) is 1. The maximum absolute atomic E-state index is 12.6. The van der Waals surface area contributed by atoms with E-state index in [9.17, 15) is 4.79 Å². The first-order valence-corrected chi connectivity index (χ1v) is 7.87. The van der Waals surface area contributed by atoms with Crippen molar-refractivity contribution in [3.05, 3.63) is 71.8 Å². The van der Waals surface area contributed by atoms with Crippen molar-refractivity contribution < 1.29 is 4.79 Å². The Morgan fingerprint density at radius 1 is 1.05 bits per heavy atom. The summed E-state index contributed by atoms with van der Waals surface area (Å²) in [5.74, 6) is 0.303. The average Bonchev–Trinajstić information content (AvgIpc) is 3.01. The highest BCUT2D eigenvalue weighted by atomic mass is 16.2. The van der Waals surface area contributed by atoms with E-state index in [0.717, 1.165) is 13.0 Å². The van der Waals surface area contributed by atoms with Crippen LogP contribution < -0.4 is 5.73 Å². The monoisotopic (exact) mass is 294 g/mol. The Hall–Kier alpha value is -2.13. The van der Waals surface area contributed by atoms with E-state index in [1.54, 1.807) is 0 Å². The lowest BCUT2D eigenvalue weighted by atomic mass is 9.88. The van der Waals surface area contributed by atoms with Gasteiger partial charge < -0.3 is 10.6 Å². The van der Waals surface area contributed by atoms with Gasteiger partial charge in [0.25, 0.3) is 0 Å². The lowest BCUT2D eigenvalue weighted by Crippen LogP contribution is -2.32. The molecule has 1 amide bonds. The highest BCUT2D eigenvalue weighted by molar-refractivity contribution is 5.78. The number of carbonyl (C=O) groups is 1. The van der Waals surface area contributed by atoms with Crippen LogP contribution in [0.2, 0.25) is 0 Å². The third-order valence-corrected chi connectivity index (χ3v) is 4.36. The lowest BCUT2D eigenvalue weighted by Gasteiger charge is -2.22. The number of rotatable bonds is 4. The quantitative estimate of drug-likeness (QED) is 0.942. The fraction of sp³-hybridized carbons (Fsp3) is 0.316. The van der Waals surface area contributed by atoms with Gasteiger partial charge in [-0.1, -0.05) is 60.7 Å². The molecule has 0 radical (unpaired) electrons. The Morgan fingerprint density at radius 2 is 1.59 bits per heavy atom. The van der Waals surface area contributed by atoms with E-state index < -0.39 is 0 Å². The second-order valence-electron chi connectivity index (χ2n) is 5.97. The highest BCUT2D eigenvalue weighted by Crippen LogP contribution is 2.29. The molecule has 1 aliphatic heterocycles. The zero-order chi connectivity index (χ0) is 15.4. The van der Waals surface area contributed by atoms with Crippen molar-refractivity contribution in [3.8, 4) is 0 Å². The molecule has 1 fully saturated rings. The number of benzene rings is 2. The zero-order valence-electron chi connectivity index (χ0n) is 12.7. The molecule has 1 heterocycles. The van der Waals surface area contributed by atoms with Gasteiger partial charge in [-0.2, -0.15) is 0 Å². The van der Waals surface area contributed by atoms with Crippen molar-refractivity contribution >= 4 is 5.91 Å². The maximum atomic E-state index is 12.6. The zero-order valence-corrected chi connectivity index (χ0v) is 12.7. The first kappa shape index (κ1) is 14.8. The molecule has 1 aliphatic rings. The number of hydrogen-bond acceptors (Lipinski definition) is 2. The van der Waals surface area contributed by atoms with Crippen LogP contribution in [0.25, 0.3) is 0 Å². The van der Waals surface area contributed by atoms with Crippen molar-refractivity contribution in [2.24, 2.45) is 5.73 Å². The number of nitrogens with zero attached hydrogens (tertiary/aromatic N) is 1. The van der Waals surface area contributed by atoms with Crippen LogP contribution >= 0.6 is 0 Å². The third-order valence-electron chi connectivity index (χ3n) is 4.36. The Kier molecular flexibility index (Phi) is 4.54. The van der Waals surface area contributed by atoms with Gasteiger partial charge in [-0.25, -0.2) is 0 Å². The normalized spacial score (nSPS) is 17.9. The fourth-order valence-electron chi connectivity index (χ4n) is 3.12. The largest absolute Gasteiger partial charge is 0.341 e. The molecule has 114 valence electrons. The highest BCUT2D eigenvalue weighted by Gasteiger charge is 2.26. The molecule has 1 atom stereocenters. The van der Waals surface area contributed by atoms with Crippen molar-refractivity contribution in [2.75, 3.05) is 13.1 Å². The van der Waals surface area contributed by atoms with Gasteiger partial charge in [-0.15, -0.1) is 0 Å². The van der Waals surface area contributed by atoms with Crippen LogP contribution in [0.4, 0.5) is 0 Å². The molecule has 22 heavy (non-hydrogen) atoms. The summed E-state index contributed by atoms with van der Waals surface area (Å²) < 4.78 is 0. The van der Waals surface area contributed by atoms with Crippen LogP contribution in [0.1, 0.15) is 29.9 Å². The van der Waals surface area contributed by atoms with Gasteiger partial charge in [0.1, 0.15) is 0 Å². The fourth-order valence-corrected chi connectivity index (χ4v) is 3.12. The van der Waals surface area contributed by atoms with E-state index in [0.29, 0.717) is 13.0 Å². The van der Waals surface area contributed by atoms with Crippen LogP contribution in [0, 0.1) is 0 Å². The van der Waals surface area contributed by atoms with E-state index in [1.807, 2.05) is 41.3 Å². The molecule has 0 aliphatic carbocycles. The second kappa shape index (κ2) is 6.75. The minimum absolute atomic E-state index is 0.103. The third kappa shape index (κ3) is 3.37. The molecule has 0 unspecified atom stereocenters. The van der Waals surface area contributed by atoms with Crippen LogP contribution in [0.5, 0.6) is 0 Å². The van der Waals surface area contributed by atoms with Gasteiger partial charge in [0, 0.05) is 31.5 Å². The minimum Gasteiger partial charge on any atom is -0.341 e. The van der Waals surface area contributed by atoms with Crippen LogP contribution in [0.3, 0.4) is 0 Å². The molecule has 2 aromatic rings. The molecular formula is C19H22N2O. The average molecular weight is 294 g/mol. The van der Waals surface area contributed by atoms with E-state index in [1.165, 1.54) is 11.1 Å². The SMILES string of the molecule is N[C@@H]1CCN(C(=O)CC(c2ccccc2)c2ccccc2)C1. The molecule has 3 heteroatoms. The topological polar surface area (TPSA) is 46.3 Å². The summed E-state index contributed by atoms with van der Waals surface area (Å²) in [5, 5.41) is 0. The van der Waals surface area contributed by atoms with Gasteiger partial charge >= 0.3 is 0 Å². The summed E-state index contributed by atoms with van der Waals surface area (Å²) in [5.41, 5.74) is 8.29. The standard InChI is InChI=1S/C19H22N2O/c20-17-11-12-21(14-17)19(22)13-18(15-7-3-1-4-8-15)16-9-5-2-6-10-16/h1-10,17-18H,11-14,20H2/t17-/m1/s1. The Labute approximate surface area is 131 Å². The van der Waals surface area contributed by atoms with Crippen molar-refractivity contribution in [1.82, 2.24) is 4.90 Å². The molecule has 3 nitrogen and oxygen atoms in total. The molecule has 2 N–H and O–H groups in total. The van der Waals surface area contributed by atoms with E-state index in [-0.39, 0.29) is 17.9 Å². The van der Waals surface area contributed by atoms with E-state index >= 15 is 0 Å². The molecule has 2 aromatic carbocycles. The Morgan fingerprint density at radius 3 is 2.05 bits per heavy atom. The van der Waals surface area contributed by atoms with Crippen LogP contribution in [-0.2, 0) is 4.79 Å². The number of likely N-dealkylation sites (tertiary alicyclic amines) is 1. The summed E-state index contributed by atoms with van der Waals surface area (Å²) >= 11 is 0. The molecular weight excluding hydrogens is 272 g/mol. The summed E-state index contributed by atoms with van der Waals surface area (Å²) in [6, 6.07) is 20.7. The van der Waals surface area contributed by atoms with Crippen molar-refractivity contribution in [3.63, 3.8) is 0 Å². The first-order chi connectivity index (χ1) is 10.7. The van der Waals surface area contributed by atoms with Crippen LogP contribution in [-0.4, -0.2) is 29.9 Å². The van der Waals surface area contributed by atoms with Crippen LogP contribution in [0.15, 0.2) is 60.7 Å². The van der Waals surface area contributed by atoms with Crippen molar-refractivity contribution in [2.45, 2.75) is 24.8 Å². The maximum Gasteiger partial charge on any atom is 0.223 e. The number of carbonyl (C=O) groups excluding carboxylic acids is 1. The summed E-state index contributed by atoms with van der Waals surface area (Å²) in [6.45, 7) is 1.48. The predicted molar refractivity (Wildman–Crippen MR) is 88.5 cm³/mol. The number of hydrogen-bond donors (Lipinski definition) is 1. The molecule has 3 rings (SSSR count). The predicted octanol–water partition coefficient (Wildman–Crippen LogP) is 2.77. The van der Waals surface area contributed by atoms with Crippen molar-refractivity contribution in [1.29, 1.82) is 0 Å². The van der Waals surface area contributed by atoms with E-state index in [2.05, 4.69) is 24.3 Å². The molecule has 0 saturated carbocycles. The molecule has 1 saturated heterocycles. The smallest absolute Gasteiger partial charge is 0.223 e. The van der Waals surface area contributed by atoms with Gasteiger partial charge in [0.05, 0.1) is 0 Å². The molecule has 0 spiro atoms. The van der Waals surface area contributed by atoms with Gasteiger partial charge in [-0.3, -0.25) is 4.79 Å². The summed E-state index contributed by atoms with van der Waals surface area (Å²) in [4.78, 5) is 14.5. The second-order valence-corrected chi connectivity index (χ2v) is 5.97. The molecule has 0 bridgehead atoms. The minimum atomic E-state index is 0.103. The molecule has 0 aromatic heterocycles. The lowest BCUT2D eigenvalue weighted by molar-refractivity contribution is -0.130. The number of amides is 1. The summed E-state index contributed by atoms with van der Waals surface area (Å²) in [6.07, 6.45) is 1.41. The van der Waals surface area contributed by atoms with Gasteiger partial charge in [0.2, 0.25) is 5.91 Å². The van der Waals surface area contributed by atoms with E-state index in [4.69, 9.17) is 5.73 Å². The van der Waals surface area contributed by atoms with Gasteiger partial charge in [0.15, 0.2) is 0 Å².